The van der Waals surface area contributed by atoms with Crippen LogP contribution < -0.4 is 4.90 Å². The van der Waals surface area contributed by atoms with Gasteiger partial charge in [-0.1, -0.05) is 30.3 Å². The van der Waals surface area contributed by atoms with Gasteiger partial charge in [-0.05, 0) is 24.6 Å². The summed E-state index contributed by atoms with van der Waals surface area (Å²) in [5.74, 6) is -2.23. The first kappa shape index (κ1) is 21.0. The molecule has 156 valence electrons. The van der Waals surface area contributed by atoms with Gasteiger partial charge < -0.3 is 19.8 Å². The second-order valence-electron chi connectivity index (χ2n) is 6.56. The molecule has 1 fully saturated rings. The van der Waals surface area contributed by atoms with E-state index in [1.54, 1.807) is 12.3 Å². The van der Waals surface area contributed by atoms with Gasteiger partial charge in [0.2, 0.25) is 0 Å². The van der Waals surface area contributed by atoms with Gasteiger partial charge in [0.05, 0.1) is 36.2 Å². The molecule has 0 saturated carbocycles. The lowest BCUT2D eigenvalue weighted by atomic mass is 9.99. The first-order valence-electron chi connectivity index (χ1n) is 9.33. The number of carboxylic acid groups (broad SMARTS) is 2. The van der Waals surface area contributed by atoms with Crippen molar-refractivity contribution < 1.29 is 24.5 Å². The molecule has 0 atom stereocenters. The predicted octanol–water partition coefficient (Wildman–Crippen LogP) is 2.70. The minimum Gasteiger partial charge on any atom is -0.478 e. The third-order valence-electron chi connectivity index (χ3n) is 4.72. The molecule has 0 spiro atoms. The standard InChI is InChI=1S/C13H15NO5.C8H7N3/c1-8-9(12(15)16)2-3-10(11(8)13(17)18)14-4-6-19-7-5-14;1-2-4-7(5-3-1)8-6-9-11-10-8/h2-3H,4-7H2,1H3,(H,15,16)(H,17,18);1-6H,(H,9,10,11). The Kier molecular flexibility index (Phi) is 6.76. The molecule has 30 heavy (non-hydrogen) atoms. The van der Waals surface area contributed by atoms with Crippen LogP contribution in [0.15, 0.2) is 48.7 Å². The highest BCUT2D eigenvalue weighted by atomic mass is 16.5. The maximum atomic E-state index is 11.4. The summed E-state index contributed by atoms with van der Waals surface area (Å²) in [4.78, 5) is 24.4. The van der Waals surface area contributed by atoms with Crippen molar-refractivity contribution in [3.8, 4) is 11.3 Å². The number of aromatic nitrogens is 3. The van der Waals surface area contributed by atoms with Crippen LogP contribution in [0.2, 0.25) is 0 Å². The molecule has 9 heteroatoms. The minimum atomic E-state index is -1.12. The number of morpholine rings is 1. The van der Waals surface area contributed by atoms with Crippen molar-refractivity contribution in [3.05, 3.63) is 65.4 Å². The second-order valence-corrected chi connectivity index (χ2v) is 6.56. The molecule has 2 aromatic carbocycles. The van der Waals surface area contributed by atoms with Crippen LogP contribution in [0.3, 0.4) is 0 Å². The zero-order valence-electron chi connectivity index (χ0n) is 16.4. The number of carboxylic acids is 2. The molecular formula is C21H22N4O5. The topological polar surface area (TPSA) is 129 Å². The third kappa shape index (κ3) is 4.81. The molecule has 9 nitrogen and oxygen atoms in total. The maximum absolute atomic E-state index is 11.4. The van der Waals surface area contributed by atoms with E-state index in [0.29, 0.717) is 32.0 Å². The lowest BCUT2D eigenvalue weighted by Gasteiger charge is -2.30. The van der Waals surface area contributed by atoms with Crippen molar-refractivity contribution in [2.45, 2.75) is 6.92 Å². The Morgan fingerprint density at radius 2 is 1.73 bits per heavy atom. The molecule has 2 heterocycles. The molecule has 0 unspecified atom stereocenters. The van der Waals surface area contributed by atoms with Crippen molar-refractivity contribution >= 4 is 17.6 Å². The van der Waals surface area contributed by atoms with Gasteiger partial charge in [0.1, 0.15) is 5.69 Å². The van der Waals surface area contributed by atoms with Crippen LogP contribution in [0, 0.1) is 6.92 Å². The van der Waals surface area contributed by atoms with Crippen molar-refractivity contribution in [2.24, 2.45) is 0 Å². The van der Waals surface area contributed by atoms with E-state index >= 15 is 0 Å². The maximum Gasteiger partial charge on any atom is 0.338 e. The number of ether oxygens (including phenoxy) is 1. The van der Waals surface area contributed by atoms with Crippen LogP contribution in [0.5, 0.6) is 0 Å². The largest absolute Gasteiger partial charge is 0.478 e. The summed E-state index contributed by atoms with van der Waals surface area (Å²) in [5, 5.41) is 28.6. The quantitative estimate of drug-likeness (QED) is 0.599. The van der Waals surface area contributed by atoms with E-state index in [2.05, 4.69) is 15.4 Å². The van der Waals surface area contributed by atoms with Gasteiger partial charge >= 0.3 is 11.9 Å². The fourth-order valence-corrected chi connectivity index (χ4v) is 3.22. The van der Waals surface area contributed by atoms with Crippen molar-refractivity contribution in [1.29, 1.82) is 0 Å². The van der Waals surface area contributed by atoms with Gasteiger partial charge in [-0.3, -0.25) is 0 Å². The predicted molar refractivity (Wildman–Crippen MR) is 110 cm³/mol. The second kappa shape index (κ2) is 9.66. The smallest absolute Gasteiger partial charge is 0.338 e. The number of anilines is 1. The normalized spacial score (nSPS) is 13.3. The highest BCUT2D eigenvalue weighted by molar-refractivity contribution is 6.01. The number of carbonyl (C=O) groups is 2. The molecule has 1 saturated heterocycles. The van der Waals surface area contributed by atoms with E-state index in [4.69, 9.17) is 9.84 Å². The van der Waals surface area contributed by atoms with Gasteiger partial charge in [0.25, 0.3) is 0 Å². The van der Waals surface area contributed by atoms with Crippen LogP contribution in [0.4, 0.5) is 5.69 Å². The molecule has 0 bridgehead atoms. The van der Waals surface area contributed by atoms with Gasteiger partial charge in [0, 0.05) is 18.7 Å². The Hall–Kier alpha value is -3.72. The summed E-state index contributed by atoms with van der Waals surface area (Å²) in [6.45, 7) is 3.81. The first-order valence-corrected chi connectivity index (χ1v) is 9.33. The van der Waals surface area contributed by atoms with Gasteiger partial charge in [-0.25, -0.2) is 9.59 Å². The number of H-pyrrole nitrogens is 1. The van der Waals surface area contributed by atoms with E-state index in [1.165, 1.54) is 13.0 Å². The molecule has 0 amide bonds. The Morgan fingerprint density at radius 3 is 2.30 bits per heavy atom. The number of hydrogen-bond acceptors (Lipinski definition) is 6. The Bertz CT molecular complexity index is 1000. The average molecular weight is 410 g/mol. The fraction of sp³-hybridized carbons (Fsp3) is 0.238. The van der Waals surface area contributed by atoms with E-state index < -0.39 is 11.9 Å². The highest BCUT2D eigenvalue weighted by Gasteiger charge is 2.23. The van der Waals surface area contributed by atoms with Crippen LogP contribution in [0.1, 0.15) is 26.3 Å². The first-order chi connectivity index (χ1) is 14.5. The number of nitrogens with zero attached hydrogens (tertiary/aromatic N) is 3. The summed E-state index contributed by atoms with van der Waals surface area (Å²) < 4.78 is 5.23. The Labute approximate surface area is 172 Å². The molecule has 3 N–H and O–H groups in total. The summed E-state index contributed by atoms with van der Waals surface area (Å²) in [6, 6.07) is 12.9. The monoisotopic (exact) mass is 410 g/mol. The summed E-state index contributed by atoms with van der Waals surface area (Å²) >= 11 is 0. The zero-order chi connectivity index (χ0) is 21.5. The van der Waals surface area contributed by atoms with Gasteiger partial charge in [-0.15, -0.1) is 0 Å². The van der Waals surface area contributed by atoms with E-state index in [9.17, 15) is 14.7 Å². The van der Waals surface area contributed by atoms with Crippen LogP contribution in [-0.2, 0) is 4.74 Å². The van der Waals surface area contributed by atoms with E-state index in [1.807, 2.05) is 35.2 Å². The zero-order valence-corrected chi connectivity index (χ0v) is 16.4. The summed E-state index contributed by atoms with van der Waals surface area (Å²) in [7, 11) is 0. The lowest BCUT2D eigenvalue weighted by Crippen LogP contribution is -2.37. The van der Waals surface area contributed by atoms with Crippen LogP contribution >= 0.6 is 0 Å². The molecule has 0 aliphatic carbocycles. The van der Waals surface area contributed by atoms with E-state index in [-0.39, 0.29) is 16.7 Å². The molecule has 1 aliphatic rings. The number of rotatable bonds is 4. The van der Waals surface area contributed by atoms with Crippen molar-refractivity contribution in [3.63, 3.8) is 0 Å². The molecule has 1 aromatic heterocycles. The summed E-state index contributed by atoms with van der Waals surface area (Å²) in [6.07, 6.45) is 1.70. The van der Waals surface area contributed by atoms with Crippen LogP contribution in [-0.4, -0.2) is 63.9 Å². The Balaban J connectivity index is 0.000000196. The number of aromatic carboxylic acids is 2. The number of hydrogen-bond donors (Lipinski definition) is 3. The van der Waals surface area contributed by atoms with E-state index in [0.717, 1.165) is 11.3 Å². The Morgan fingerprint density at radius 1 is 1.03 bits per heavy atom. The lowest BCUT2D eigenvalue weighted by molar-refractivity contribution is 0.0695. The van der Waals surface area contributed by atoms with Gasteiger partial charge in [0.15, 0.2) is 0 Å². The van der Waals surface area contributed by atoms with Gasteiger partial charge in [-0.2, -0.15) is 15.4 Å². The minimum absolute atomic E-state index is 0.0226. The SMILES string of the molecule is Cc1c(C(=O)O)ccc(N2CCOCC2)c1C(=O)O.c1ccc(-c2cn[nH]n2)cc1. The van der Waals surface area contributed by atoms with Crippen LogP contribution in [0.25, 0.3) is 11.3 Å². The third-order valence-corrected chi connectivity index (χ3v) is 4.72. The summed E-state index contributed by atoms with van der Waals surface area (Å²) in [5.41, 5.74) is 2.88. The van der Waals surface area contributed by atoms with Crippen molar-refractivity contribution in [1.82, 2.24) is 15.4 Å². The number of benzene rings is 2. The number of aromatic amines is 1. The molecule has 1 aliphatic heterocycles. The fourth-order valence-electron chi connectivity index (χ4n) is 3.22. The molecule has 0 radical (unpaired) electrons. The number of nitrogens with one attached hydrogen (secondary N) is 1. The molecule has 4 rings (SSSR count). The molecular weight excluding hydrogens is 388 g/mol. The molecule has 3 aromatic rings. The average Bonchev–Trinajstić information content (AvgIpc) is 3.30. The van der Waals surface area contributed by atoms with Crippen molar-refractivity contribution in [2.75, 3.05) is 31.2 Å². The highest BCUT2D eigenvalue weighted by Crippen LogP contribution is 2.27.